The van der Waals surface area contributed by atoms with Crippen LogP contribution in [0.5, 0.6) is 0 Å². The van der Waals surface area contributed by atoms with E-state index in [-0.39, 0.29) is 11.5 Å². The maximum atomic E-state index is 12.8. The lowest BCUT2D eigenvalue weighted by Crippen LogP contribution is -2.51. The second-order valence-electron chi connectivity index (χ2n) is 8.09. The van der Waals surface area contributed by atoms with Crippen molar-refractivity contribution < 1.29 is 22.8 Å². The third-order valence-electron chi connectivity index (χ3n) is 5.35. The quantitative estimate of drug-likeness (QED) is 0.672. The molecule has 0 radical (unpaired) electrons. The molecule has 1 aromatic carbocycles. The minimum absolute atomic E-state index is 0.0183. The molecule has 4 amide bonds. The molecule has 3 rings (SSSR count). The summed E-state index contributed by atoms with van der Waals surface area (Å²) in [5.41, 5.74) is -0.892. The van der Waals surface area contributed by atoms with Crippen LogP contribution in [0.25, 0.3) is 0 Å². The fourth-order valence-corrected chi connectivity index (χ4v) is 5.82. The fraction of sp³-hybridized carbons (Fsp3) is 0.526. The van der Waals surface area contributed by atoms with Crippen molar-refractivity contribution >= 4 is 27.7 Å². The highest BCUT2D eigenvalue weighted by Gasteiger charge is 2.48. The molecule has 2 aliphatic heterocycles. The Kier molecular flexibility index (Phi) is 5.22. The molecular formula is C19H25N3O5S. The van der Waals surface area contributed by atoms with Gasteiger partial charge in [0.05, 0.1) is 17.0 Å². The Balaban J connectivity index is 1.61. The lowest BCUT2D eigenvalue weighted by atomic mass is 9.93. The zero-order valence-electron chi connectivity index (χ0n) is 16.0. The van der Waals surface area contributed by atoms with Gasteiger partial charge in [0.1, 0.15) is 12.1 Å². The molecule has 0 unspecified atom stereocenters. The van der Waals surface area contributed by atoms with Crippen LogP contribution in [0.2, 0.25) is 0 Å². The molecule has 0 bridgehead atoms. The Morgan fingerprint density at radius 1 is 1.21 bits per heavy atom. The van der Waals surface area contributed by atoms with E-state index < -0.39 is 45.3 Å². The molecule has 9 heteroatoms. The lowest BCUT2D eigenvalue weighted by Gasteiger charge is -2.25. The molecule has 0 aliphatic carbocycles. The van der Waals surface area contributed by atoms with Crippen molar-refractivity contribution in [3.8, 4) is 0 Å². The Morgan fingerprint density at radius 2 is 1.89 bits per heavy atom. The number of sulfone groups is 1. The summed E-state index contributed by atoms with van der Waals surface area (Å²) in [5.74, 6) is -1.12. The number of hydrogen-bond donors (Lipinski definition) is 2. The van der Waals surface area contributed by atoms with Crippen molar-refractivity contribution in [2.75, 3.05) is 18.1 Å². The van der Waals surface area contributed by atoms with Crippen molar-refractivity contribution in [2.45, 2.75) is 44.2 Å². The summed E-state index contributed by atoms with van der Waals surface area (Å²) in [4.78, 5) is 38.3. The fourth-order valence-electron chi connectivity index (χ4n) is 3.73. The molecule has 0 saturated carbocycles. The van der Waals surface area contributed by atoms with Gasteiger partial charge in [0, 0.05) is 0 Å². The number of hydrogen-bond acceptors (Lipinski definition) is 5. The van der Waals surface area contributed by atoms with E-state index in [2.05, 4.69) is 10.6 Å². The van der Waals surface area contributed by atoms with Crippen LogP contribution in [0.15, 0.2) is 30.3 Å². The number of rotatable bonds is 6. The highest BCUT2D eigenvalue weighted by molar-refractivity contribution is 7.91. The first-order valence-corrected chi connectivity index (χ1v) is 11.0. The molecule has 28 heavy (non-hydrogen) atoms. The van der Waals surface area contributed by atoms with Gasteiger partial charge in [-0.1, -0.05) is 30.3 Å². The van der Waals surface area contributed by atoms with Gasteiger partial charge >= 0.3 is 6.03 Å². The molecule has 2 atom stereocenters. The number of carbonyl (C=O) groups excluding carboxylic acids is 3. The van der Waals surface area contributed by atoms with E-state index >= 15 is 0 Å². The maximum Gasteiger partial charge on any atom is 0.325 e. The first-order valence-electron chi connectivity index (χ1n) is 9.21. The molecule has 1 aromatic rings. The van der Waals surface area contributed by atoms with Gasteiger partial charge in [-0.25, -0.2) is 13.2 Å². The van der Waals surface area contributed by atoms with Crippen LogP contribution in [0.1, 0.15) is 32.3 Å². The Hall–Kier alpha value is -2.42. The van der Waals surface area contributed by atoms with Gasteiger partial charge in [-0.3, -0.25) is 14.5 Å². The third-order valence-corrected chi connectivity index (χ3v) is 7.25. The smallest absolute Gasteiger partial charge is 0.325 e. The summed E-state index contributed by atoms with van der Waals surface area (Å²) >= 11 is 0. The van der Waals surface area contributed by atoms with Crippen LogP contribution >= 0.6 is 0 Å². The Morgan fingerprint density at radius 3 is 2.50 bits per heavy atom. The molecule has 8 nitrogen and oxygen atoms in total. The summed E-state index contributed by atoms with van der Waals surface area (Å²) < 4.78 is 23.3. The summed E-state index contributed by atoms with van der Waals surface area (Å²) in [5, 5.41) is 5.36. The molecule has 0 aromatic heterocycles. The van der Waals surface area contributed by atoms with E-state index in [9.17, 15) is 22.8 Å². The van der Waals surface area contributed by atoms with Gasteiger partial charge in [-0.05, 0) is 38.7 Å². The second kappa shape index (κ2) is 7.20. The molecule has 2 fully saturated rings. The van der Waals surface area contributed by atoms with Crippen molar-refractivity contribution in [1.29, 1.82) is 0 Å². The maximum absolute atomic E-state index is 12.8. The van der Waals surface area contributed by atoms with E-state index in [1.165, 1.54) is 0 Å². The van der Waals surface area contributed by atoms with Gasteiger partial charge < -0.3 is 10.6 Å². The SMILES string of the molecule is C[C@@]1(NC(=O)CN2C(=O)N[C@](C)(CCc3ccccc3)C2=O)CCS(=O)(=O)C1. The van der Waals surface area contributed by atoms with Crippen LogP contribution in [-0.2, 0) is 25.8 Å². The van der Waals surface area contributed by atoms with Crippen LogP contribution in [0.4, 0.5) is 4.79 Å². The number of carbonyl (C=O) groups is 3. The van der Waals surface area contributed by atoms with Crippen molar-refractivity contribution in [1.82, 2.24) is 15.5 Å². The monoisotopic (exact) mass is 407 g/mol. The Labute approximate surface area is 164 Å². The number of nitrogens with one attached hydrogen (secondary N) is 2. The van der Waals surface area contributed by atoms with Crippen LogP contribution in [-0.4, -0.2) is 60.3 Å². The molecular weight excluding hydrogens is 382 g/mol. The van der Waals surface area contributed by atoms with Crippen LogP contribution in [0, 0.1) is 0 Å². The van der Waals surface area contributed by atoms with Gasteiger partial charge in [0.25, 0.3) is 5.91 Å². The number of nitrogens with zero attached hydrogens (tertiary/aromatic N) is 1. The predicted molar refractivity (Wildman–Crippen MR) is 103 cm³/mol. The van der Waals surface area contributed by atoms with E-state index in [1.54, 1.807) is 13.8 Å². The third kappa shape index (κ3) is 4.35. The molecule has 2 N–H and O–H groups in total. The van der Waals surface area contributed by atoms with Gasteiger partial charge in [0.2, 0.25) is 5.91 Å². The molecule has 2 saturated heterocycles. The average molecular weight is 407 g/mol. The topological polar surface area (TPSA) is 113 Å². The zero-order chi connectivity index (χ0) is 20.6. The van der Waals surface area contributed by atoms with Crippen LogP contribution < -0.4 is 10.6 Å². The van der Waals surface area contributed by atoms with Gasteiger partial charge in [0.15, 0.2) is 9.84 Å². The number of benzene rings is 1. The molecule has 0 spiro atoms. The number of imide groups is 1. The van der Waals surface area contributed by atoms with Crippen molar-refractivity contribution in [3.05, 3.63) is 35.9 Å². The molecule has 152 valence electrons. The van der Waals surface area contributed by atoms with Crippen LogP contribution in [0.3, 0.4) is 0 Å². The van der Waals surface area contributed by atoms with E-state index in [0.717, 1.165) is 10.5 Å². The van der Waals surface area contributed by atoms with Crippen molar-refractivity contribution in [3.63, 3.8) is 0 Å². The largest absolute Gasteiger partial charge is 0.348 e. The number of aryl methyl sites for hydroxylation is 1. The summed E-state index contributed by atoms with van der Waals surface area (Å²) in [6, 6.07) is 9.02. The first-order chi connectivity index (χ1) is 13.0. The summed E-state index contributed by atoms with van der Waals surface area (Å²) in [6.07, 6.45) is 1.34. The Bertz CT molecular complexity index is 901. The van der Waals surface area contributed by atoms with E-state index in [4.69, 9.17) is 0 Å². The standard InChI is InChI=1S/C19H25N3O5S/c1-18(10-11-28(26,27)13-18)20-15(23)12-22-16(24)19(2,21-17(22)25)9-8-14-6-4-3-5-7-14/h3-7H,8-13H2,1-2H3,(H,20,23)(H,21,25)/t18-,19-/m1/s1. The first kappa shape index (κ1) is 20.3. The van der Waals surface area contributed by atoms with Gasteiger partial charge in [-0.2, -0.15) is 0 Å². The highest BCUT2D eigenvalue weighted by Crippen LogP contribution is 2.25. The summed E-state index contributed by atoms with van der Waals surface area (Å²) in [7, 11) is -3.18. The second-order valence-corrected chi connectivity index (χ2v) is 10.3. The molecule has 2 aliphatic rings. The number of amides is 4. The minimum atomic E-state index is -3.18. The normalized spacial score (nSPS) is 29.0. The summed E-state index contributed by atoms with van der Waals surface area (Å²) in [6.45, 7) is 2.88. The predicted octanol–water partition coefficient (Wildman–Crippen LogP) is 0.623. The highest BCUT2D eigenvalue weighted by atomic mass is 32.2. The number of urea groups is 1. The molecule has 2 heterocycles. The van der Waals surface area contributed by atoms with E-state index in [1.807, 2.05) is 30.3 Å². The van der Waals surface area contributed by atoms with Gasteiger partial charge in [-0.15, -0.1) is 0 Å². The van der Waals surface area contributed by atoms with E-state index in [0.29, 0.717) is 19.3 Å². The average Bonchev–Trinajstić information content (AvgIpc) is 3.01. The lowest BCUT2D eigenvalue weighted by molar-refractivity contribution is -0.135. The van der Waals surface area contributed by atoms with Crippen molar-refractivity contribution in [2.24, 2.45) is 0 Å². The zero-order valence-corrected chi connectivity index (χ0v) is 16.8. The minimum Gasteiger partial charge on any atom is -0.348 e.